The topological polar surface area (TPSA) is 51.5 Å². The summed E-state index contributed by atoms with van der Waals surface area (Å²) in [7, 11) is 1.33. The molecule has 4 nitrogen and oxygen atoms in total. The number of furan rings is 1. The van der Waals surface area contributed by atoms with Crippen molar-refractivity contribution in [2.24, 2.45) is 0 Å². The van der Waals surface area contributed by atoms with E-state index in [9.17, 15) is 4.79 Å². The Bertz CT molecular complexity index is 545. The normalized spacial score (nSPS) is 10.1. The van der Waals surface area contributed by atoms with Crippen LogP contribution in [-0.4, -0.2) is 13.1 Å². The molecule has 0 aliphatic carbocycles. The predicted octanol–water partition coefficient (Wildman–Crippen LogP) is 2.99. The van der Waals surface area contributed by atoms with Crippen molar-refractivity contribution in [1.29, 1.82) is 0 Å². The van der Waals surface area contributed by atoms with Crippen molar-refractivity contribution in [2.45, 2.75) is 13.5 Å². The Morgan fingerprint density at radius 3 is 2.78 bits per heavy atom. The maximum Gasteiger partial charge on any atom is 0.373 e. The molecule has 0 spiro atoms. The first-order valence-corrected chi connectivity index (χ1v) is 5.67. The third-order valence-corrected chi connectivity index (χ3v) is 2.65. The number of nitrogens with one attached hydrogen (secondary N) is 1. The van der Waals surface area contributed by atoms with Crippen molar-refractivity contribution >= 4 is 11.7 Å². The first-order valence-electron chi connectivity index (χ1n) is 5.67. The summed E-state index contributed by atoms with van der Waals surface area (Å²) < 4.78 is 9.94. The number of methoxy groups -OCH3 is 1. The van der Waals surface area contributed by atoms with Gasteiger partial charge in [0.15, 0.2) is 0 Å². The summed E-state index contributed by atoms with van der Waals surface area (Å²) in [6.07, 6.45) is 0. The van der Waals surface area contributed by atoms with Gasteiger partial charge < -0.3 is 14.5 Å². The Kier molecular flexibility index (Phi) is 3.67. The zero-order valence-corrected chi connectivity index (χ0v) is 10.4. The second-order valence-corrected chi connectivity index (χ2v) is 3.93. The SMILES string of the molecule is COC(=O)c1ccc(CNc2ccccc2C)o1. The number of hydrogen-bond acceptors (Lipinski definition) is 4. The zero-order valence-electron chi connectivity index (χ0n) is 10.4. The van der Waals surface area contributed by atoms with Gasteiger partial charge in [0, 0.05) is 5.69 Å². The average molecular weight is 245 g/mol. The van der Waals surface area contributed by atoms with Crippen LogP contribution in [-0.2, 0) is 11.3 Å². The van der Waals surface area contributed by atoms with Gasteiger partial charge in [0.1, 0.15) is 5.76 Å². The Morgan fingerprint density at radius 2 is 2.06 bits per heavy atom. The number of para-hydroxylation sites is 1. The van der Waals surface area contributed by atoms with Gasteiger partial charge in [0.2, 0.25) is 5.76 Å². The second-order valence-electron chi connectivity index (χ2n) is 3.93. The van der Waals surface area contributed by atoms with Crippen molar-refractivity contribution in [2.75, 3.05) is 12.4 Å². The van der Waals surface area contributed by atoms with Crippen LogP contribution in [0.5, 0.6) is 0 Å². The fourth-order valence-electron chi connectivity index (χ4n) is 1.64. The quantitative estimate of drug-likeness (QED) is 0.841. The molecule has 2 rings (SSSR count). The third kappa shape index (κ3) is 2.71. The summed E-state index contributed by atoms with van der Waals surface area (Å²) in [4.78, 5) is 11.2. The Labute approximate surface area is 106 Å². The first kappa shape index (κ1) is 12.2. The molecule has 2 aromatic rings. The lowest BCUT2D eigenvalue weighted by atomic mass is 10.2. The number of hydrogen-bond donors (Lipinski definition) is 1. The number of ether oxygens (including phenoxy) is 1. The number of anilines is 1. The molecule has 94 valence electrons. The van der Waals surface area contributed by atoms with Crippen molar-refractivity contribution in [3.63, 3.8) is 0 Å². The van der Waals surface area contributed by atoms with E-state index in [4.69, 9.17) is 4.42 Å². The van der Waals surface area contributed by atoms with E-state index in [2.05, 4.69) is 10.1 Å². The Morgan fingerprint density at radius 1 is 1.28 bits per heavy atom. The van der Waals surface area contributed by atoms with Crippen molar-refractivity contribution in [3.8, 4) is 0 Å². The lowest BCUT2D eigenvalue weighted by Gasteiger charge is -2.07. The van der Waals surface area contributed by atoms with Gasteiger partial charge in [-0.25, -0.2) is 4.79 Å². The minimum absolute atomic E-state index is 0.221. The second kappa shape index (κ2) is 5.40. The summed E-state index contributed by atoms with van der Waals surface area (Å²) in [5.41, 5.74) is 2.21. The molecule has 1 heterocycles. The fourth-order valence-corrected chi connectivity index (χ4v) is 1.64. The predicted molar refractivity (Wildman–Crippen MR) is 68.6 cm³/mol. The zero-order chi connectivity index (χ0) is 13.0. The number of carbonyl (C=O) groups excluding carboxylic acids is 1. The van der Waals surface area contributed by atoms with Gasteiger partial charge in [-0.15, -0.1) is 0 Å². The maximum absolute atomic E-state index is 11.2. The lowest BCUT2D eigenvalue weighted by molar-refractivity contribution is 0.0563. The van der Waals surface area contributed by atoms with E-state index in [1.165, 1.54) is 7.11 Å². The highest BCUT2D eigenvalue weighted by Gasteiger charge is 2.10. The highest BCUT2D eigenvalue weighted by atomic mass is 16.5. The number of esters is 1. The molecular weight excluding hydrogens is 230 g/mol. The average Bonchev–Trinajstić information content (AvgIpc) is 2.86. The summed E-state index contributed by atoms with van der Waals surface area (Å²) >= 11 is 0. The third-order valence-electron chi connectivity index (χ3n) is 2.65. The van der Waals surface area contributed by atoms with Crippen LogP contribution in [0.2, 0.25) is 0 Å². The molecule has 1 N–H and O–H groups in total. The summed E-state index contributed by atoms with van der Waals surface area (Å²) in [5, 5.41) is 3.25. The van der Waals surface area contributed by atoms with E-state index < -0.39 is 5.97 Å². The Hall–Kier alpha value is -2.23. The van der Waals surface area contributed by atoms with Crippen LogP contribution >= 0.6 is 0 Å². The van der Waals surface area contributed by atoms with Crippen LogP contribution in [0.25, 0.3) is 0 Å². The standard InChI is InChI=1S/C14H15NO3/c1-10-5-3-4-6-12(10)15-9-11-7-8-13(18-11)14(16)17-2/h3-8,15H,9H2,1-2H3. The smallest absolute Gasteiger partial charge is 0.373 e. The fraction of sp³-hybridized carbons (Fsp3) is 0.214. The van der Waals surface area contributed by atoms with Crippen LogP contribution in [0.1, 0.15) is 21.9 Å². The molecule has 4 heteroatoms. The molecule has 0 saturated heterocycles. The summed E-state index contributed by atoms with van der Waals surface area (Å²) in [6.45, 7) is 2.56. The van der Waals surface area contributed by atoms with Gasteiger partial charge in [-0.05, 0) is 30.7 Å². The number of carbonyl (C=O) groups is 1. The van der Waals surface area contributed by atoms with Crippen molar-refractivity contribution < 1.29 is 13.9 Å². The monoisotopic (exact) mass is 245 g/mol. The van der Waals surface area contributed by atoms with Crippen LogP contribution in [0.15, 0.2) is 40.8 Å². The van der Waals surface area contributed by atoms with Gasteiger partial charge in [0.25, 0.3) is 0 Å². The maximum atomic E-state index is 11.2. The molecule has 1 aromatic carbocycles. The van der Waals surface area contributed by atoms with Crippen molar-refractivity contribution in [3.05, 3.63) is 53.5 Å². The minimum atomic E-state index is -0.461. The van der Waals surface area contributed by atoms with E-state index in [-0.39, 0.29) is 5.76 Å². The molecular formula is C14H15NO3. The number of aryl methyl sites for hydroxylation is 1. The van der Waals surface area contributed by atoms with Crippen LogP contribution < -0.4 is 5.32 Å². The molecule has 0 saturated carbocycles. The molecule has 0 bridgehead atoms. The molecule has 0 unspecified atom stereocenters. The van der Waals surface area contributed by atoms with E-state index in [1.54, 1.807) is 12.1 Å². The van der Waals surface area contributed by atoms with Gasteiger partial charge in [-0.2, -0.15) is 0 Å². The van der Waals surface area contributed by atoms with Crippen molar-refractivity contribution in [1.82, 2.24) is 0 Å². The molecule has 0 amide bonds. The van der Waals surface area contributed by atoms with E-state index in [0.29, 0.717) is 12.3 Å². The van der Waals surface area contributed by atoms with Gasteiger partial charge in [-0.3, -0.25) is 0 Å². The minimum Gasteiger partial charge on any atom is -0.463 e. The van der Waals surface area contributed by atoms with Crippen LogP contribution in [0.3, 0.4) is 0 Å². The highest BCUT2D eigenvalue weighted by molar-refractivity contribution is 5.86. The van der Waals surface area contributed by atoms with E-state index >= 15 is 0 Å². The molecule has 0 aliphatic rings. The first-order chi connectivity index (χ1) is 8.70. The van der Waals surface area contributed by atoms with Gasteiger partial charge >= 0.3 is 5.97 Å². The molecule has 18 heavy (non-hydrogen) atoms. The lowest BCUT2D eigenvalue weighted by Crippen LogP contribution is -2.01. The van der Waals surface area contributed by atoms with Gasteiger partial charge in [-0.1, -0.05) is 18.2 Å². The van der Waals surface area contributed by atoms with Crippen LogP contribution in [0.4, 0.5) is 5.69 Å². The van der Waals surface area contributed by atoms with E-state index in [1.807, 2.05) is 31.2 Å². The molecule has 0 radical (unpaired) electrons. The number of rotatable bonds is 4. The number of benzene rings is 1. The summed E-state index contributed by atoms with van der Waals surface area (Å²) in [6, 6.07) is 11.4. The molecule has 1 aromatic heterocycles. The molecule has 0 aliphatic heterocycles. The Balaban J connectivity index is 2.01. The molecule has 0 fully saturated rings. The van der Waals surface area contributed by atoms with Gasteiger partial charge in [0.05, 0.1) is 13.7 Å². The van der Waals surface area contributed by atoms with Crippen LogP contribution in [0, 0.1) is 6.92 Å². The largest absolute Gasteiger partial charge is 0.463 e. The summed E-state index contributed by atoms with van der Waals surface area (Å²) in [5.74, 6) is 0.454. The molecule has 0 atom stereocenters. The highest BCUT2D eigenvalue weighted by Crippen LogP contribution is 2.16. The van der Waals surface area contributed by atoms with E-state index in [0.717, 1.165) is 11.3 Å².